The molecule has 0 aliphatic carbocycles. The first-order valence-corrected chi connectivity index (χ1v) is 16.4. The Bertz CT molecular complexity index is 1670. The summed E-state index contributed by atoms with van der Waals surface area (Å²) in [6.45, 7) is 4.90. The summed E-state index contributed by atoms with van der Waals surface area (Å²) in [7, 11) is 0. The van der Waals surface area contributed by atoms with Crippen molar-refractivity contribution in [3.63, 3.8) is 0 Å². The molecule has 3 aromatic carbocycles. The van der Waals surface area contributed by atoms with Gasteiger partial charge in [0.25, 0.3) is 5.91 Å². The number of benzene rings is 3. The van der Waals surface area contributed by atoms with Crippen LogP contribution in [0.2, 0.25) is 0 Å². The van der Waals surface area contributed by atoms with Gasteiger partial charge in [0, 0.05) is 30.6 Å². The fraction of sp³-hybridized carbons (Fsp3) is 0.324. The lowest BCUT2D eigenvalue weighted by atomic mass is 9.78. The Hall–Kier alpha value is -4.14. The van der Waals surface area contributed by atoms with Crippen molar-refractivity contribution in [2.75, 3.05) is 24.6 Å². The molecule has 0 radical (unpaired) electrons. The molecule has 6 atom stereocenters. The molecule has 2 saturated heterocycles. The maximum atomic E-state index is 15.0. The van der Waals surface area contributed by atoms with Crippen molar-refractivity contribution >= 4 is 35.2 Å². The molecule has 7 nitrogen and oxygen atoms in total. The van der Waals surface area contributed by atoms with E-state index in [1.54, 1.807) is 21.6 Å². The molecule has 3 aromatic rings. The van der Waals surface area contributed by atoms with Crippen molar-refractivity contribution in [2.45, 2.75) is 42.5 Å². The van der Waals surface area contributed by atoms with Gasteiger partial charge in [-0.3, -0.25) is 14.4 Å². The first kappa shape index (κ1) is 29.6. The monoisotopic (exact) mass is 619 g/mol. The molecule has 0 aromatic heterocycles. The second-order valence-electron chi connectivity index (χ2n) is 12.4. The molecular weight excluding hydrogens is 582 g/mol. The lowest BCUT2D eigenvalue weighted by Gasteiger charge is -2.39. The van der Waals surface area contributed by atoms with Crippen molar-refractivity contribution in [3.8, 4) is 0 Å². The van der Waals surface area contributed by atoms with Gasteiger partial charge in [-0.25, -0.2) is 0 Å². The molecule has 3 amide bonds. The minimum absolute atomic E-state index is 0.0749. The zero-order valence-electron chi connectivity index (χ0n) is 25.5. The van der Waals surface area contributed by atoms with E-state index in [9.17, 15) is 14.7 Å². The summed E-state index contributed by atoms with van der Waals surface area (Å²) in [5, 5.41) is 10.6. The largest absolute Gasteiger partial charge is 0.394 e. The highest BCUT2D eigenvalue weighted by molar-refractivity contribution is 8.02. The fourth-order valence-electron chi connectivity index (χ4n) is 7.87. The van der Waals surface area contributed by atoms with E-state index in [1.165, 1.54) is 0 Å². The van der Waals surface area contributed by atoms with Gasteiger partial charge in [-0.05, 0) is 36.1 Å². The normalized spacial score (nSPS) is 28.1. The number of para-hydroxylation sites is 1. The predicted octanol–water partition coefficient (Wildman–Crippen LogP) is 4.84. The van der Waals surface area contributed by atoms with Gasteiger partial charge in [-0.1, -0.05) is 103 Å². The lowest BCUT2D eigenvalue weighted by Crippen LogP contribution is -2.54. The van der Waals surface area contributed by atoms with Crippen LogP contribution in [0, 0.1) is 25.7 Å². The predicted molar refractivity (Wildman–Crippen MR) is 176 cm³/mol. The number of anilines is 1. The average molecular weight is 620 g/mol. The minimum Gasteiger partial charge on any atom is -0.394 e. The van der Waals surface area contributed by atoms with E-state index in [1.807, 2.05) is 116 Å². The van der Waals surface area contributed by atoms with Crippen LogP contribution in [-0.2, 0) is 20.9 Å². The topological polar surface area (TPSA) is 81.2 Å². The molecule has 4 aliphatic heterocycles. The molecule has 0 saturated carbocycles. The van der Waals surface area contributed by atoms with Crippen LogP contribution >= 0.6 is 11.8 Å². The number of hydrogen-bond donors (Lipinski definition) is 1. The Balaban J connectivity index is 1.36. The van der Waals surface area contributed by atoms with Crippen LogP contribution < -0.4 is 4.90 Å². The highest BCUT2D eigenvalue weighted by Crippen LogP contribution is 2.62. The van der Waals surface area contributed by atoms with Gasteiger partial charge >= 0.3 is 0 Å². The molecule has 45 heavy (non-hydrogen) atoms. The summed E-state index contributed by atoms with van der Waals surface area (Å²) in [5.74, 6) is -1.93. The standard InChI is InChI=1S/C37H37N3O4S/c1-24-12-9-13-25(2)32(24)39-21-11-19-37-31(35(43)40(33(37)36(39)44)28(23-41)27-16-7-4-8-17-27)30-29(45-37)18-10-20-38(34(30)42)22-26-14-5-3-6-15-26/h3-19,28-31,33,41H,20-23H2,1-2H3/t28-,29+,30-,31+,33?,37+/m1/s1. The molecular formula is C37H37N3O4S. The van der Waals surface area contributed by atoms with E-state index in [4.69, 9.17) is 0 Å². The Morgan fingerprint density at radius 2 is 1.53 bits per heavy atom. The lowest BCUT2D eigenvalue weighted by molar-refractivity contribution is -0.145. The van der Waals surface area contributed by atoms with Crippen LogP contribution in [0.15, 0.2) is 103 Å². The highest BCUT2D eigenvalue weighted by atomic mass is 32.2. The number of carbonyl (C=O) groups excluding carboxylic acids is 3. The Morgan fingerprint density at radius 3 is 2.22 bits per heavy atom. The number of nitrogens with zero attached hydrogens (tertiary/aromatic N) is 3. The van der Waals surface area contributed by atoms with Gasteiger partial charge in [0.2, 0.25) is 11.8 Å². The van der Waals surface area contributed by atoms with Crippen molar-refractivity contribution < 1.29 is 19.5 Å². The van der Waals surface area contributed by atoms with Crippen molar-refractivity contribution in [2.24, 2.45) is 11.8 Å². The number of rotatable bonds is 6. The molecule has 4 aliphatic rings. The second kappa shape index (κ2) is 11.7. The third-order valence-electron chi connectivity index (χ3n) is 9.80. The molecule has 4 heterocycles. The third-order valence-corrected chi connectivity index (χ3v) is 11.5. The molecule has 2 fully saturated rings. The van der Waals surface area contributed by atoms with E-state index >= 15 is 4.79 Å². The Labute approximate surface area is 268 Å². The molecule has 7 rings (SSSR count). The number of likely N-dealkylation sites (tertiary alicyclic amines) is 1. The van der Waals surface area contributed by atoms with Crippen LogP contribution in [0.5, 0.6) is 0 Å². The number of amides is 3. The van der Waals surface area contributed by atoms with Crippen molar-refractivity contribution in [1.29, 1.82) is 0 Å². The molecule has 1 unspecified atom stereocenters. The maximum absolute atomic E-state index is 15.0. The Kier molecular flexibility index (Phi) is 7.66. The van der Waals surface area contributed by atoms with Crippen LogP contribution in [0.25, 0.3) is 0 Å². The minimum atomic E-state index is -0.979. The summed E-state index contributed by atoms with van der Waals surface area (Å²) in [6.07, 6.45) is 8.12. The van der Waals surface area contributed by atoms with Gasteiger partial charge in [-0.2, -0.15) is 0 Å². The summed E-state index contributed by atoms with van der Waals surface area (Å²) < 4.78 is -0.979. The van der Waals surface area contributed by atoms with Gasteiger partial charge in [0.15, 0.2) is 0 Å². The second-order valence-corrected chi connectivity index (χ2v) is 13.9. The summed E-state index contributed by atoms with van der Waals surface area (Å²) in [5.41, 5.74) is 4.56. The van der Waals surface area contributed by atoms with E-state index in [0.29, 0.717) is 19.6 Å². The van der Waals surface area contributed by atoms with Crippen LogP contribution in [0.3, 0.4) is 0 Å². The van der Waals surface area contributed by atoms with Crippen LogP contribution in [-0.4, -0.2) is 68.4 Å². The van der Waals surface area contributed by atoms with E-state index in [2.05, 4.69) is 6.08 Å². The van der Waals surface area contributed by atoms with Gasteiger partial charge in [0.1, 0.15) is 6.04 Å². The van der Waals surface area contributed by atoms with Crippen molar-refractivity contribution in [1.82, 2.24) is 9.80 Å². The quantitative estimate of drug-likeness (QED) is 0.400. The first-order valence-electron chi connectivity index (χ1n) is 15.6. The fourth-order valence-corrected chi connectivity index (χ4v) is 9.87. The number of aliphatic hydroxyl groups is 1. The summed E-state index contributed by atoms with van der Waals surface area (Å²) in [6, 6.07) is 23.6. The molecule has 0 bridgehead atoms. The number of hydrogen-bond acceptors (Lipinski definition) is 5. The zero-order chi connectivity index (χ0) is 31.3. The molecule has 8 heteroatoms. The van der Waals surface area contributed by atoms with E-state index in [0.717, 1.165) is 27.9 Å². The van der Waals surface area contributed by atoms with Gasteiger partial charge in [-0.15, -0.1) is 11.8 Å². The first-order chi connectivity index (χ1) is 21.9. The third kappa shape index (κ3) is 4.73. The van der Waals surface area contributed by atoms with Crippen LogP contribution in [0.4, 0.5) is 5.69 Å². The molecule has 230 valence electrons. The number of fused-ring (bicyclic) bond motifs is 2. The average Bonchev–Trinajstić information content (AvgIpc) is 3.37. The van der Waals surface area contributed by atoms with E-state index < -0.39 is 28.7 Å². The molecule has 1 spiro atoms. The highest BCUT2D eigenvalue weighted by Gasteiger charge is 2.72. The smallest absolute Gasteiger partial charge is 0.251 e. The zero-order valence-corrected chi connectivity index (χ0v) is 26.3. The SMILES string of the molecule is Cc1cccc(C)c1N1CC=C[C@]23S[C@H]4C=CCN(Cc5ccccc5)C(=O)[C@H]4[C@H]2C(=O)N([C@H](CO)c2ccccc2)C3C1=O. The number of aliphatic hydroxyl groups excluding tert-OH is 1. The van der Waals surface area contributed by atoms with Crippen LogP contribution in [0.1, 0.15) is 28.3 Å². The maximum Gasteiger partial charge on any atom is 0.251 e. The molecule has 1 N–H and O–H groups in total. The van der Waals surface area contributed by atoms with E-state index in [-0.39, 0.29) is 29.6 Å². The number of aryl methyl sites for hydroxylation is 2. The summed E-state index contributed by atoms with van der Waals surface area (Å²) in [4.78, 5) is 49.7. The van der Waals surface area contributed by atoms with Gasteiger partial charge in [0.05, 0.1) is 29.2 Å². The van der Waals surface area contributed by atoms with Gasteiger partial charge < -0.3 is 19.8 Å². The van der Waals surface area contributed by atoms with Crippen molar-refractivity contribution in [3.05, 3.63) is 125 Å². The number of thioether (sulfide) groups is 1. The summed E-state index contributed by atoms with van der Waals surface area (Å²) >= 11 is 1.56. The number of carbonyl (C=O) groups is 3. The Morgan fingerprint density at radius 1 is 0.844 bits per heavy atom.